The highest BCUT2D eigenvalue weighted by molar-refractivity contribution is 7.78. The third-order valence-electron chi connectivity index (χ3n) is 10.2. The molecule has 63 heavy (non-hydrogen) atoms. The van der Waals surface area contributed by atoms with E-state index in [1.165, 1.54) is 0 Å². The van der Waals surface area contributed by atoms with Crippen LogP contribution in [0.1, 0.15) is 0 Å². The molecule has 320 valence electrons. The van der Waals surface area contributed by atoms with Crippen LogP contribution in [0, 0.1) is 0 Å². The van der Waals surface area contributed by atoms with Crippen molar-refractivity contribution in [3.8, 4) is 23.0 Å². The number of hydrogen-bond acceptors (Lipinski definition) is 12. The van der Waals surface area contributed by atoms with Crippen molar-refractivity contribution in [2.45, 2.75) is 0 Å². The zero-order valence-electron chi connectivity index (χ0n) is 34.2. The Kier molecular flexibility index (Phi) is 12.3. The molecule has 0 amide bonds. The molecule has 15 heteroatoms. The number of rotatable bonds is 8. The summed E-state index contributed by atoms with van der Waals surface area (Å²) in [6.07, 6.45) is 0. The van der Waals surface area contributed by atoms with Gasteiger partial charge in [0.15, 0.2) is 0 Å². The second-order valence-electron chi connectivity index (χ2n) is 14.6. The number of fused-ring (bicyclic) bond motifs is 4. The molecule has 2 aliphatic rings. The van der Waals surface area contributed by atoms with Crippen LogP contribution >= 0.6 is 23.0 Å². The second kappa shape index (κ2) is 18.7. The summed E-state index contributed by atoms with van der Waals surface area (Å²) in [5, 5.41) is 7.96. The first-order valence-corrected chi connectivity index (χ1v) is 25.3. The first-order chi connectivity index (χ1) is 31.0. The summed E-state index contributed by atoms with van der Waals surface area (Å²) in [5.41, 5.74) is 0. The smallest absolute Gasteiger partial charge is 0.413 e. The average Bonchev–Trinajstić information content (AvgIpc) is 3.30. The zero-order valence-corrected chi connectivity index (χ0v) is 36.9. The lowest BCUT2D eigenvalue weighted by Crippen LogP contribution is -2.15. The minimum absolute atomic E-state index is 0.0551. The standard InChI is InChI=1S/C48H44N3O9P3/c1-5-13-41-33-45(21-17-37(41)9-1)57-62(58-46-22-18-38-10-2-6-14-42(38)34-46)49-61(55-31-29-53-27-25-52-26-28-54-30-32-56-61)50-63(51-62,59-47-23-19-39-11-3-7-15-43(39)35-47)60-48-24-20-40-12-4-8-16-44(40)36-48/h1-24,33-36H,25-32H2. The van der Waals surface area contributed by atoms with E-state index in [-0.39, 0.29) is 26.4 Å². The van der Waals surface area contributed by atoms with Crippen molar-refractivity contribution in [3.05, 3.63) is 170 Å². The van der Waals surface area contributed by atoms with Crippen molar-refractivity contribution in [1.29, 1.82) is 0 Å². The molecule has 0 aromatic heterocycles. The Bertz CT molecular complexity index is 2760. The Morgan fingerprint density at radius 2 is 0.587 bits per heavy atom. The van der Waals surface area contributed by atoms with E-state index >= 15 is 0 Å². The summed E-state index contributed by atoms with van der Waals surface area (Å²) in [4.78, 5) is 0. The summed E-state index contributed by atoms with van der Waals surface area (Å²) in [6.45, 7) is 2.07. The fraction of sp³-hybridized carbons (Fsp3) is 0.167. The van der Waals surface area contributed by atoms with Crippen LogP contribution in [0.5, 0.6) is 23.0 Å². The van der Waals surface area contributed by atoms with Gasteiger partial charge in [-0.1, -0.05) is 126 Å². The molecule has 0 unspecified atom stereocenters. The molecule has 2 heterocycles. The van der Waals surface area contributed by atoms with E-state index in [1.54, 1.807) is 0 Å². The number of nitrogens with zero attached hydrogens (tertiary/aromatic N) is 3. The van der Waals surface area contributed by atoms with Crippen molar-refractivity contribution in [2.75, 3.05) is 52.9 Å². The van der Waals surface area contributed by atoms with Gasteiger partial charge in [0, 0.05) is 0 Å². The molecule has 0 atom stereocenters. The quantitative estimate of drug-likeness (QED) is 0.137. The Balaban J connectivity index is 1.22. The van der Waals surface area contributed by atoms with Crippen LogP contribution in [0.3, 0.4) is 0 Å². The van der Waals surface area contributed by atoms with Crippen LogP contribution in [0.25, 0.3) is 43.1 Å². The van der Waals surface area contributed by atoms with Gasteiger partial charge in [0.05, 0.1) is 52.9 Å². The van der Waals surface area contributed by atoms with Crippen molar-refractivity contribution in [1.82, 2.24) is 0 Å². The molecule has 10 rings (SSSR count). The summed E-state index contributed by atoms with van der Waals surface area (Å²) in [7, 11) is -12.0. The molecule has 1 spiro atoms. The molecule has 2 aliphatic heterocycles. The third kappa shape index (κ3) is 9.85. The predicted molar refractivity (Wildman–Crippen MR) is 251 cm³/mol. The van der Waals surface area contributed by atoms with Crippen molar-refractivity contribution >= 4 is 66.1 Å². The highest BCUT2D eigenvalue weighted by Gasteiger charge is 2.47. The van der Waals surface area contributed by atoms with Gasteiger partial charge in [0.25, 0.3) is 0 Å². The summed E-state index contributed by atoms with van der Waals surface area (Å²) >= 11 is 0. The lowest BCUT2D eigenvalue weighted by molar-refractivity contribution is -0.000797. The van der Waals surface area contributed by atoms with Gasteiger partial charge in [-0.15, -0.1) is 9.03 Å². The Hall–Kier alpha value is -5.51. The van der Waals surface area contributed by atoms with E-state index in [2.05, 4.69) is 0 Å². The molecule has 0 saturated carbocycles. The van der Waals surface area contributed by atoms with Gasteiger partial charge in [-0.05, 0) is 91.6 Å². The fourth-order valence-electron chi connectivity index (χ4n) is 7.22. The summed E-state index contributed by atoms with van der Waals surface area (Å²) in [5.74, 6) is 1.83. The van der Waals surface area contributed by atoms with E-state index in [9.17, 15) is 0 Å². The van der Waals surface area contributed by atoms with Gasteiger partial charge < -0.3 is 41.4 Å². The lowest BCUT2D eigenvalue weighted by Gasteiger charge is -2.33. The van der Waals surface area contributed by atoms with Crippen LogP contribution in [0.2, 0.25) is 0 Å². The van der Waals surface area contributed by atoms with Gasteiger partial charge in [-0.25, -0.2) is 0 Å². The van der Waals surface area contributed by atoms with E-state index in [0.717, 1.165) is 43.1 Å². The SMILES string of the molecule is c1ccc2cc(OP3(Oc4ccc5ccccc5c4)=NP4(=NP(Oc5ccc6ccccc6c5)(Oc5ccc6ccccc6c5)=N3)OCCOCCOCCOCCO4)ccc2c1. The Morgan fingerprint density at radius 3 is 0.921 bits per heavy atom. The lowest BCUT2D eigenvalue weighted by atomic mass is 10.1. The van der Waals surface area contributed by atoms with Gasteiger partial charge >= 0.3 is 23.0 Å². The Morgan fingerprint density at radius 1 is 0.302 bits per heavy atom. The van der Waals surface area contributed by atoms with Gasteiger partial charge in [0.2, 0.25) is 0 Å². The summed E-state index contributed by atoms with van der Waals surface area (Å²) in [6, 6.07) is 55.4. The van der Waals surface area contributed by atoms with E-state index in [0.29, 0.717) is 49.4 Å². The maximum Gasteiger partial charge on any atom is 0.459 e. The van der Waals surface area contributed by atoms with Gasteiger partial charge in [0.1, 0.15) is 23.0 Å². The van der Waals surface area contributed by atoms with Crippen molar-refractivity contribution < 1.29 is 41.4 Å². The molecule has 0 bridgehead atoms. The fourth-order valence-corrected chi connectivity index (χ4v) is 16.4. The van der Waals surface area contributed by atoms with E-state index in [1.807, 2.05) is 170 Å². The maximum absolute atomic E-state index is 7.13. The molecule has 8 aromatic carbocycles. The largest absolute Gasteiger partial charge is 0.459 e. The minimum atomic E-state index is -4.06. The number of hydrogen-bond donors (Lipinski definition) is 0. The molecule has 12 nitrogen and oxygen atoms in total. The molecule has 1 fully saturated rings. The van der Waals surface area contributed by atoms with Crippen molar-refractivity contribution in [2.24, 2.45) is 13.5 Å². The second-order valence-corrected chi connectivity index (χ2v) is 21.0. The summed E-state index contributed by atoms with van der Waals surface area (Å²) < 4.78 is 75.6. The van der Waals surface area contributed by atoms with E-state index < -0.39 is 23.0 Å². The molecule has 0 radical (unpaired) electrons. The van der Waals surface area contributed by atoms with Crippen LogP contribution in [-0.2, 0) is 23.3 Å². The van der Waals surface area contributed by atoms with Crippen LogP contribution in [0.4, 0.5) is 0 Å². The topological polar surface area (TPSA) is 120 Å². The molecular formula is C48H44N3O9P3. The molecule has 8 aromatic rings. The van der Waals surface area contributed by atoms with E-state index in [4.69, 9.17) is 54.9 Å². The monoisotopic (exact) mass is 899 g/mol. The van der Waals surface area contributed by atoms with Crippen LogP contribution in [0.15, 0.2) is 183 Å². The Labute approximate surface area is 365 Å². The highest BCUT2D eigenvalue weighted by Crippen LogP contribution is 2.79. The van der Waals surface area contributed by atoms with Gasteiger partial charge in [-0.3, -0.25) is 0 Å². The maximum atomic E-state index is 7.13. The molecule has 1 saturated heterocycles. The van der Waals surface area contributed by atoms with Crippen LogP contribution in [-0.4, -0.2) is 52.9 Å². The van der Waals surface area contributed by atoms with Gasteiger partial charge in [-0.2, -0.15) is 0 Å². The molecule has 0 aliphatic carbocycles. The predicted octanol–water partition coefficient (Wildman–Crippen LogP) is 13.9. The highest BCUT2D eigenvalue weighted by atomic mass is 31.3. The number of ether oxygens (including phenoxy) is 3. The van der Waals surface area contributed by atoms with Crippen molar-refractivity contribution in [3.63, 3.8) is 0 Å². The zero-order chi connectivity index (χ0) is 42.4. The van der Waals surface area contributed by atoms with Crippen LogP contribution < -0.4 is 18.1 Å². The molecule has 0 N–H and O–H groups in total. The first-order valence-electron chi connectivity index (χ1n) is 20.7. The molecular weight excluding hydrogens is 855 g/mol. The average molecular weight is 900 g/mol. The minimum Gasteiger partial charge on any atom is -0.413 e. The number of benzene rings is 8. The normalized spacial score (nSPS) is 17.8. The first kappa shape index (κ1) is 41.5. The third-order valence-corrected chi connectivity index (χ3v) is 18.4.